The molecule has 214 valence electrons. The van der Waals surface area contributed by atoms with E-state index in [4.69, 9.17) is 0 Å². The summed E-state index contributed by atoms with van der Waals surface area (Å²) in [5, 5.41) is 2.96. The molecule has 0 heterocycles. The third kappa shape index (κ3) is 7.72. The number of rotatable bonds is 12. The highest BCUT2D eigenvalue weighted by Crippen LogP contribution is 2.26. The third-order valence-corrected chi connectivity index (χ3v) is 8.85. The number of carbonyl (C=O) groups is 2. The summed E-state index contributed by atoms with van der Waals surface area (Å²) in [4.78, 5) is 28.7. The van der Waals surface area contributed by atoms with Gasteiger partial charge in [-0.15, -0.1) is 0 Å². The standard InChI is InChI=1S/C32H41N3O4S/c1-7-25(5)33-32(37)26(6)34(21-27-13-11-12-24(4)20-27)31(36)22-35(29-18-16-28(17-19-29)23(2)3)40(38,39)30-14-9-8-10-15-30/h8-20,23,25-26H,7,21-22H2,1-6H3,(H,33,37). The average Bonchev–Trinajstić information content (AvgIpc) is 2.94. The van der Waals surface area contributed by atoms with Gasteiger partial charge in [-0.2, -0.15) is 0 Å². The summed E-state index contributed by atoms with van der Waals surface area (Å²) in [5.41, 5.74) is 3.33. The Morgan fingerprint density at radius 1 is 0.875 bits per heavy atom. The van der Waals surface area contributed by atoms with Crippen LogP contribution in [0.3, 0.4) is 0 Å². The van der Waals surface area contributed by atoms with Gasteiger partial charge in [0.15, 0.2) is 0 Å². The summed E-state index contributed by atoms with van der Waals surface area (Å²) in [6.45, 7) is 11.4. The Morgan fingerprint density at radius 3 is 2.10 bits per heavy atom. The zero-order valence-electron chi connectivity index (χ0n) is 24.3. The van der Waals surface area contributed by atoms with E-state index in [-0.39, 0.29) is 29.3 Å². The van der Waals surface area contributed by atoms with Crippen LogP contribution in [-0.4, -0.2) is 43.8 Å². The molecule has 2 amide bonds. The van der Waals surface area contributed by atoms with Crippen molar-refractivity contribution in [2.24, 2.45) is 0 Å². The first kappa shape index (κ1) is 30.9. The van der Waals surface area contributed by atoms with Crippen molar-refractivity contribution in [1.82, 2.24) is 10.2 Å². The van der Waals surface area contributed by atoms with E-state index in [1.165, 1.54) is 17.0 Å². The van der Waals surface area contributed by atoms with E-state index >= 15 is 0 Å². The van der Waals surface area contributed by atoms with Crippen LogP contribution in [0, 0.1) is 6.92 Å². The molecule has 3 aromatic carbocycles. The van der Waals surface area contributed by atoms with Crippen molar-refractivity contribution in [3.05, 3.63) is 95.6 Å². The predicted octanol–water partition coefficient (Wildman–Crippen LogP) is 5.65. The Hall–Kier alpha value is -3.65. The first-order chi connectivity index (χ1) is 18.9. The quantitative estimate of drug-likeness (QED) is 0.309. The third-order valence-electron chi connectivity index (χ3n) is 7.06. The van der Waals surface area contributed by atoms with Gasteiger partial charge >= 0.3 is 0 Å². The van der Waals surface area contributed by atoms with Crippen LogP contribution in [0.15, 0.2) is 83.8 Å². The topological polar surface area (TPSA) is 86.8 Å². The molecule has 0 aromatic heterocycles. The van der Waals surface area contributed by atoms with Crippen LogP contribution in [0.25, 0.3) is 0 Å². The maximum absolute atomic E-state index is 14.0. The number of nitrogens with one attached hydrogen (secondary N) is 1. The van der Waals surface area contributed by atoms with Crippen LogP contribution in [-0.2, 0) is 26.2 Å². The second-order valence-corrected chi connectivity index (χ2v) is 12.4. The summed E-state index contributed by atoms with van der Waals surface area (Å²) in [6.07, 6.45) is 0.750. The monoisotopic (exact) mass is 563 g/mol. The predicted molar refractivity (Wildman–Crippen MR) is 161 cm³/mol. The van der Waals surface area contributed by atoms with Gasteiger partial charge < -0.3 is 10.2 Å². The van der Waals surface area contributed by atoms with Crippen molar-refractivity contribution in [3.63, 3.8) is 0 Å². The molecule has 2 unspecified atom stereocenters. The lowest BCUT2D eigenvalue weighted by Crippen LogP contribution is -2.52. The molecule has 0 aliphatic heterocycles. The number of hydrogen-bond donors (Lipinski definition) is 1. The summed E-state index contributed by atoms with van der Waals surface area (Å²) in [7, 11) is -4.08. The summed E-state index contributed by atoms with van der Waals surface area (Å²) in [6, 6.07) is 22.2. The highest BCUT2D eigenvalue weighted by atomic mass is 32.2. The molecule has 0 saturated heterocycles. The number of nitrogens with zero attached hydrogens (tertiary/aromatic N) is 2. The SMILES string of the molecule is CCC(C)NC(=O)C(C)N(Cc1cccc(C)c1)C(=O)CN(c1ccc(C(C)C)cc1)S(=O)(=O)c1ccccc1. The highest BCUT2D eigenvalue weighted by Gasteiger charge is 2.32. The van der Waals surface area contributed by atoms with E-state index < -0.39 is 28.5 Å². The maximum atomic E-state index is 14.0. The second-order valence-electron chi connectivity index (χ2n) is 10.6. The number of hydrogen-bond acceptors (Lipinski definition) is 4. The summed E-state index contributed by atoms with van der Waals surface area (Å²) >= 11 is 0. The van der Waals surface area contributed by atoms with E-state index in [0.29, 0.717) is 5.69 Å². The fourth-order valence-electron chi connectivity index (χ4n) is 4.33. The van der Waals surface area contributed by atoms with Gasteiger partial charge in [-0.3, -0.25) is 13.9 Å². The number of anilines is 1. The van der Waals surface area contributed by atoms with Crippen molar-refractivity contribution in [2.45, 2.75) is 77.4 Å². The molecule has 40 heavy (non-hydrogen) atoms. The van der Waals surface area contributed by atoms with Gasteiger partial charge in [0, 0.05) is 12.6 Å². The van der Waals surface area contributed by atoms with Gasteiger partial charge in [-0.25, -0.2) is 8.42 Å². The van der Waals surface area contributed by atoms with E-state index in [1.54, 1.807) is 37.3 Å². The fraction of sp³-hybridized carbons (Fsp3) is 0.375. The Bertz CT molecular complexity index is 1390. The first-order valence-electron chi connectivity index (χ1n) is 13.8. The van der Waals surface area contributed by atoms with Crippen molar-refractivity contribution >= 4 is 27.5 Å². The van der Waals surface area contributed by atoms with Crippen LogP contribution in [0.1, 0.15) is 63.6 Å². The molecular formula is C32H41N3O4S. The van der Waals surface area contributed by atoms with Crippen molar-refractivity contribution in [2.75, 3.05) is 10.8 Å². The summed E-state index contributed by atoms with van der Waals surface area (Å²) < 4.78 is 28.9. The zero-order chi connectivity index (χ0) is 29.4. The molecule has 0 spiro atoms. The van der Waals surface area contributed by atoms with Crippen LogP contribution in [0.5, 0.6) is 0 Å². The Morgan fingerprint density at radius 2 is 1.52 bits per heavy atom. The van der Waals surface area contributed by atoms with Crippen molar-refractivity contribution < 1.29 is 18.0 Å². The minimum atomic E-state index is -4.08. The second kappa shape index (κ2) is 13.6. The molecule has 1 N–H and O–H groups in total. The van der Waals surface area contributed by atoms with Crippen molar-refractivity contribution in [3.8, 4) is 0 Å². The van der Waals surface area contributed by atoms with Gasteiger partial charge in [0.25, 0.3) is 10.0 Å². The van der Waals surface area contributed by atoms with Gasteiger partial charge in [0.1, 0.15) is 12.6 Å². The molecule has 0 radical (unpaired) electrons. The molecule has 7 nitrogen and oxygen atoms in total. The van der Waals surface area contributed by atoms with Crippen molar-refractivity contribution in [1.29, 1.82) is 0 Å². The van der Waals surface area contributed by atoms with Crippen LogP contribution < -0.4 is 9.62 Å². The lowest BCUT2D eigenvalue weighted by molar-refractivity contribution is -0.139. The smallest absolute Gasteiger partial charge is 0.264 e. The molecule has 0 saturated carbocycles. The molecule has 2 atom stereocenters. The Kier molecular flexibility index (Phi) is 10.5. The van der Waals surface area contributed by atoms with Crippen LogP contribution in [0.2, 0.25) is 0 Å². The average molecular weight is 564 g/mol. The molecule has 3 rings (SSSR count). The number of aryl methyl sites for hydroxylation is 1. The lowest BCUT2D eigenvalue weighted by Gasteiger charge is -2.32. The van der Waals surface area contributed by atoms with Gasteiger partial charge in [0.05, 0.1) is 10.6 Å². The molecule has 3 aromatic rings. The van der Waals surface area contributed by atoms with Gasteiger partial charge in [0.2, 0.25) is 11.8 Å². The molecular weight excluding hydrogens is 522 g/mol. The van der Waals surface area contributed by atoms with Crippen LogP contribution >= 0.6 is 0 Å². The normalized spacial score (nSPS) is 13.0. The molecule has 0 aliphatic rings. The van der Waals surface area contributed by atoms with Gasteiger partial charge in [-0.05, 0) is 68.5 Å². The van der Waals surface area contributed by atoms with E-state index in [0.717, 1.165) is 27.4 Å². The number of sulfonamides is 1. The Labute approximate surface area is 239 Å². The summed E-state index contributed by atoms with van der Waals surface area (Å²) in [5.74, 6) is -0.487. The first-order valence-corrected chi connectivity index (χ1v) is 15.2. The highest BCUT2D eigenvalue weighted by molar-refractivity contribution is 7.92. The minimum absolute atomic E-state index is 0.0553. The minimum Gasteiger partial charge on any atom is -0.352 e. The Balaban J connectivity index is 2.03. The molecule has 8 heteroatoms. The number of amides is 2. The zero-order valence-corrected chi connectivity index (χ0v) is 25.1. The fourth-order valence-corrected chi connectivity index (χ4v) is 5.76. The van der Waals surface area contributed by atoms with E-state index in [9.17, 15) is 18.0 Å². The molecule has 0 bridgehead atoms. The number of carbonyl (C=O) groups excluding carboxylic acids is 2. The van der Waals surface area contributed by atoms with E-state index in [1.807, 2.05) is 57.2 Å². The number of benzene rings is 3. The largest absolute Gasteiger partial charge is 0.352 e. The van der Waals surface area contributed by atoms with E-state index in [2.05, 4.69) is 19.2 Å². The van der Waals surface area contributed by atoms with Gasteiger partial charge in [-0.1, -0.05) is 80.9 Å². The molecule has 0 aliphatic carbocycles. The van der Waals surface area contributed by atoms with Crippen LogP contribution in [0.4, 0.5) is 5.69 Å². The lowest BCUT2D eigenvalue weighted by atomic mass is 10.0. The maximum Gasteiger partial charge on any atom is 0.264 e. The molecule has 0 fully saturated rings.